The molecule has 0 unspecified atom stereocenters. The van der Waals surface area contributed by atoms with Gasteiger partial charge in [0.25, 0.3) is 0 Å². The third-order valence-electron chi connectivity index (χ3n) is 6.29. The molecule has 138 valence electrons. The van der Waals surface area contributed by atoms with Gasteiger partial charge in [-0.15, -0.1) is 0 Å². The third-order valence-corrected chi connectivity index (χ3v) is 6.29. The Morgan fingerprint density at radius 1 is 1.24 bits per heavy atom. The topological polar surface area (TPSA) is 70.8 Å². The molecule has 0 aromatic carbocycles. The van der Waals surface area contributed by atoms with Gasteiger partial charge in [-0.1, -0.05) is 0 Å². The van der Waals surface area contributed by atoms with Crippen LogP contribution in [0.25, 0.3) is 0 Å². The molecule has 0 saturated carbocycles. The van der Waals surface area contributed by atoms with Gasteiger partial charge in [0.1, 0.15) is 0 Å². The zero-order valence-corrected chi connectivity index (χ0v) is 14.7. The molecule has 3 aliphatic rings. The first kappa shape index (κ1) is 17.0. The molecule has 3 aliphatic heterocycles. The number of likely N-dealkylation sites (tertiary alicyclic amines) is 2. The molecule has 1 N–H and O–H groups in total. The Morgan fingerprint density at radius 3 is 2.76 bits per heavy atom. The molecular weight excluding hydrogens is 320 g/mol. The number of aromatic nitrogens is 2. The minimum absolute atomic E-state index is 0.251. The minimum Gasteiger partial charge on any atom is -0.481 e. The standard InChI is InChI=1S/C18H28N4O3/c23-17(24)18-12-21(6-1-5-20-7-4-19-14-20)10-15(18)11-22(13-18)16-2-8-25-9-3-16/h4,7,14-16H,1-3,5-6,8-13H2,(H,23,24)/t15-,18-/m0/s1. The molecule has 7 heteroatoms. The summed E-state index contributed by atoms with van der Waals surface area (Å²) < 4.78 is 7.54. The van der Waals surface area contributed by atoms with E-state index in [1.807, 2.05) is 12.5 Å². The second-order valence-corrected chi connectivity index (χ2v) is 7.82. The fraction of sp³-hybridized carbons (Fsp3) is 0.778. The largest absolute Gasteiger partial charge is 0.481 e. The van der Waals surface area contributed by atoms with Crippen molar-refractivity contribution in [1.29, 1.82) is 0 Å². The van der Waals surface area contributed by atoms with E-state index < -0.39 is 11.4 Å². The van der Waals surface area contributed by atoms with Crippen LogP contribution in [0.1, 0.15) is 19.3 Å². The van der Waals surface area contributed by atoms with Crippen LogP contribution in [0, 0.1) is 11.3 Å². The summed E-state index contributed by atoms with van der Waals surface area (Å²) in [6.45, 7) is 6.76. The van der Waals surface area contributed by atoms with E-state index in [1.165, 1.54) is 0 Å². The number of fused-ring (bicyclic) bond motifs is 1. The monoisotopic (exact) mass is 348 g/mol. The van der Waals surface area contributed by atoms with E-state index in [4.69, 9.17) is 4.74 Å². The molecule has 0 aliphatic carbocycles. The number of aryl methyl sites for hydroxylation is 1. The number of carboxylic acids is 1. The van der Waals surface area contributed by atoms with E-state index in [2.05, 4.69) is 19.4 Å². The lowest BCUT2D eigenvalue weighted by Crippen LogP contribution is -2.44. The number of rotatable bonds is 6. The zero-order chi connectivity index (χ0) is 17.3. The number of aliphatic carboxylic acids is 1. The average molecular weight is 348 g/mol. The van der Waals surface area contributed by atoms with Gasteiger partial charge in [-0.2, -0.15) is 0 Å². The lowest BCUT2D eigenvalue weighted by atomic mass is 9.81. The maximum atomic E-state index is 12.1. The van der Waals surface area contributed by atoms with Gasteiger partial charge in [-0.05, 0) is 25.8 Å². The SMILES string of the molecule is O=C(O)[C@]12CN(CCCn3ccnc3)C[C@H]1CN(C1CCOCC1)C2. The van der Waals surface area contributed by atoms with Gasteiger partial charge in [0, 0.05) is 70.3 Å². The molecule has 0 bridgehead atoms. The van der Waals surface area contributed by atoms with Crippen LogP contribution in [-0.2, 0) is 16.1 Å². The predicted molar refractivity (Wildman–Crippen MR) is 92.3 cm³/mol. The van der Waals surface area contributed by atoms with Gasteiger partial charge in [-0.25, -0.2) is 4.98 Å². The number of carboxylic acid groups (broad SMARTS) is 1. The van der Waals surface area contributed by atoms with Gasteiger partial charge in [-0.3, -0.25) is 9.69 Å². The minimum atomic E-state index is -0.607. The first-order valence-electron chi connectivity index (χ1n) is 9.41. The lowest BCUT2D eigenvalue weighted by Gasteiger charge is -2.33. The normalized spacial score (nSPS) is 31.4. The number of carbonyl (C=O) groups is 1. The van der Waals surface area contributed by atoms with Crippen LogP contribution in [-0.4, -0.2) is 82.4 Å². The second-order valence-electron chi connectivity index (χ2n) is 7.82. The summed E-state index contributed by atoms with van der Waals surface area (Å²) in [5, 5.41) is 9.99. The van der Waals surface area contributed by atoms with Crippen molar-refractivity contribution in [2.24, 2.45) is 11.3 Å². The van der Waals surface area contributed by atoms with Crippen molar-refractivity contribution in [3.05, 3.63) is 18.7 Å². The molecule has 4 heterocycles. The molecule has 2 atom stereocenters. The van der Waals surface area contributed by atoms with Gasteiger partial charge >= 0.3 is 5.97 Å². The molecule has 25 heavy (non-hydrogen) atoms. The maximum absolute atomic E-state index is 12.1. The predicted octanol–water partition coefficient (Wildman–Crippen LogP) is 0.771. The van der Waals surface area contributed by atoms with Gasteiger partial charge in [0.15, 0.2) is 0 Å². The highest BCUT2D eigenvalue weighted by Gasteiger charge is 2.58. The number of hydrogen-bond acceptors (Lipinski definition) is 5. The molecule has 1 aromatic rings. The Balaban J connectivity index is 1.34. The van der Waals surface area contributed by atoms with Crippen LogP contribution in [0.5, 0.6) is 0 Å². The molecule has 0 radical (unpaired) electrons. The van der Waals surface area contributed by atoms with E-state index in [1.54, 1.807) is 6.20 Å². The fourth-order valence-corrected chi connectivity index (χ4v) is 4.91. The lowest BCUT2D eigenvalue weighted by molar-refractivity contribution is -0.149. The summed E-state index contributed by atoms with van der Waals surface area (Å²) in [6, 6.07) is 0.505. The summed E-state index contributed by atoms with van der Waals surface area (Å²) in [5.74, 6) is -0.356. The third kappa shape index (κ3) is 3.32. The van der Waals surface area contributed by atoms with Crippen LogP contribution in [0.2, 0.25) is 0 Å². The molecule has 0 amide bonds. The first-order valence-corrected chi connectivity index (χ1v) is 9.41. The van der Waals surface area contributed by atoms with E-state index in [-0.39, 0.29) is 5.92 Å². The van der Waals surface area contributed by atoms with Gasteiger partial charge < -0.3 is 19.3 Å². The molecule has 7 nitrogen and oxygen atoms in total. The molecule has 4 rings (SSSR count). The highest BCUT2D eigenvalue weighted by molar-refractivity contribution is 5.77. The first-order chi connectivity index (χ1) is 12.2. The van der Waals surface area contributed by atoms with E-state index in [0.717, 1.165) is 58.7 Å². The van der Waals surface area contributed by atoms with Gasteiger partial charge in [0.05, 0.1) is 11.7 Å². The Bertz CT molecular complexity index is 587. The Kier molecular flexibility index (Phi) is 4.80. The fourth-order valence-electron chi connectivity index (χ4n) is 4.91. The number of hydrogen-bond donors (Lipinski definition) is 1. The Labute approximate surface area is 148 Å². The van der Waals surface area contributed by atoms with Crippen molar-refractivity contribution >= 4 is 5.97 Å². The van der Waals surface area contributed by atoms with Crippen molar-refractivity contribution in [3.8, 4) is 0 Å². The molecule has 1 aromatic heterocycles. The Morgan fingerprint density at radius 2 is 2.08 bits per heavy atom. The van der Waals surface area contributed by atoms with Crippen LogP contribution in [0.15, 0.2) is 18.7 Å². The number of imidazole rings is 1. The summed E-state index contributed by atoms with van der Waals surface area (Å²) >= 11 is 0. The molecular formula is C18H28N4O3. The van der Waals surface area contributed by atoms with E-state index in [9.17, 15) is 9.90 Å². The highest BCUT2D eigenvalue weighted by atomic mass is 16.5. The number of nitrogens with zero attached hydrogens (tertiary/aromatic N) is 4. The van der Waals surface area contributed by atoms with Crippen LogP contribution < -0.4 is 0 Å². The quantitative estimate of drug-likeness (QED) is 0.819. The van der Waals surface area contributed by atoms with E-state index >= 15 is 0 Å². The van der Waals surface area contributed by atoms with Crippen LogP contribution in [0.4, 0.5) is 0 Å². The van der Waals surface area contributed by atoms with Crippen molar-refractivity contribution in [1.82, 2.24) is 19.4 Å². The summed E-state index contributed by atoms with van der Waals surface area (Å²) in [6.07, 6.45) is 8.72. The summed E-state index contributed by atoms with van der Waals surface area (Å²) in [4.78, 5) is 21.0. The van der Waals surface area contributed by atoms with E-state index in [0.29, 0.717) is 19.1 Å². The highest BCUT2D eigenvalue weighted by Crippen LogP contribution is 2.44. The second kappa shape index (κ2) is 7.05. The zero-order valence-electron chi connectivity index (χ0n) is 14.7. The van der Waals surface area contributed by atoms with Crippen LogP contribution >= 0.6 is 0 Å². The molecule has 3 saturated heterocycles. The maximum Gasteiger partial charge on any atom is 0.312 e. The molecule has 0 spiro atoms. The Hall–Kier alpha value is -1.44. The van der Waals surface area contributed by atoms with Crippen molar-refractivity contribution in [2.75, 3.05) is 45.9 Å². The number of ether oxygens (including phenoxy) is 1. The van der Waals surface area contributed by atoms with Crippen molar-refractivity contribution < 1.29 is 14.6 Å². The van der Waals surface area contributed by atoms with Gasteiger partial charge in [0.2, 0.25) is 0 Å². The average Bonchev–Trinajstić information content (AvgIpc) is 3.30. The van der Waals surface area contributed by atoms with Crippen molar-refractivity contribution in [3.63, 3.8) is 0 Å². The summed E-state index contributed by atoms with van der Waals surface area (Å²) in [7, 11) is 0. The smallest absolute Gasteiger partial charge is 0.312 e. The van der Waals surface area contributed by atoms with Crippen LogP contribution in [0.3, 0.4) is 0 Å². The molecule has 3 fully saturated rings. The van der Waals surface area contributed by atoms with Crippen molar-refractivity contribution in [2.45, 2.75) is 31.8 Å². The summed E-state index contributed by atoms with van der Waals surface area (Å²) in [5.41, 5.74) is -0.576.